The second-order valence-corrected chi connectivity index (χ2v) is 6.85. The van der Waals surface area contributed by atoms with E-state index in [0.717, 1.165) is 0 Å². The highest BCUT2D eigenvalue weighted by Gasteiger charge is 2.69. The molecule has 4 nitrogen and oxygen atoms in total. The molecule has 3 fully saturated rings. The van der Waals surface area contributed by atoms with Crippen LogP contribution in [0.3, 0.4) is 0 Å². The summed E-state index contributed by atoms with van der Waals surface area (Å²) >= 11 is 4.42. The fraction of sp³-hybridized carbons (Fsp3) is 1.00. The van der Waals surface area contributed by atoms with Crippen LogP contribution >= 0.6 is 12.6 Å². The maximum atomic E-state index is 11.4. The van der Waals surface area contributed by atoms with E-state index in [0.29, 0.717) is 6.42 Å². The summed E-state index contributed by atoms with van der Waals surface area (Å²) in [6.45, 7) is 1.88. The number of hydrogen-bond donors (Lipinski definition) is 1. The number of hydrogen-bond acceptors (Lipinski definition) is 5. The fourth-order valence-electron chi connectivity index (χ4n) is 2.49. The molecule has 6 heteroatoms. The van der Waals surface area contributed by atoms with Crippen LogP contribution in [0.25, 0.3) is 0 Å². The van der Waals surface area contributed by atoms with Crippen molar-refractivity contribution in [3.63, 3.8) is 0 Å². The molecule has 0 N–H and O–H groups in total. The minimum Gasteiger partial charge on any atom is -0.369 e. The van der Waals surface area contributed by atoms with Crippen LogP contribution < -0.4 is 0 Å². The topological polar surface area (TPSA) is 52.6 Å². The predicted octanol–water partition coefficient (Wildman–Crippen LogP) is -0.0568. The van der Waals surface area contributed by atoms with Gasteiger partial charge >= 0.3 is 0 Å². The van der Waals surface area contributed by atoms with Gasteiger partial charge in [0.05, 0.1) is 10.9 Å². The van der Waals surface area contributed by atoms with E-state index < -0.39 is 20.1 Å². The van der Waals surface area contributed by atoms with Crippen molar-refractivity contribution < 1.29 is 17.3 Å². The Kier molecular flexibility index (Phi) is 1.36. The van der Waals surface area contributed by atoms with Crippen LogP contribution in [0.2, 0.25) is 0 Å². The second-order valence-electron chi connectivity index (χ2n) is 4.10. The fourth-order valence-corrected chi connectivity index (χ4v) is 4.61. The lowest BCUT2D eigenvalue weighted by Crippen LogP contribution is -2.44. The summed E-state index contributed by atoms with van der Waals surface area (Å²) in [6, 6.07) is 0. The summed E-state index contributed by atoms with van der Waals surface area (Å²) < 4.78 is 33.0. The highest BCUT2D eigenvalue weighted by Crippen LogP contribution is 2.53. The van der Waals surface area contributed by atoms with Crippen LogP contribution in [0.4, 0.5) is 0 Å². The highest BCUT2D eigenvalue weighted by molar-refractivity contribution is 7.88. The molecule has 0 radical (unpaired) electrons. The van der Waals surface area contributed by atoms with Gasteiger partial charge in [0.2, 0.25) is 0 Å². The number of ether oxygens (including phenoxy) is 1. The van der Waals surface area contributed by atoms with E-state index in [1.54, 1.807) is 0 Å². The Morgan fingerprint density at radius 3 is 2.77 bits per heavy atom. The van der Waals surface area contributed by atoms with Gasteiger partial charge in [0.15, 0.2) is 0 Å². The third kappa shape index (κ3) is 0.830. The maximum Gasteiger partial charge on any atom is 0.273 e. The van der Waals surface area contributed by atoms with Gasteiger partial charge in [-0.15, -0.1) is 0 Å². The van der Waals surface area contributed by atoms with E-state index in [4.69, 9.17) is 8.92 Å². The average Bonchev–Trinajstić information content (AvgIpc) is 2.54. The SMILES string of the molecule is CC1(S)C2CC3C(O2)C1OS3(=O)=O. The van der Waals surface area contributed by atoms with Gasteiger partial charge in [0.25, 0.3) is 10.1 Å². The minimum atomic E-state index is -3.38. The molecule has 0 aromatic rings. The van der Waals surface area contributed by atoms with Crippen molar-refractivity contribution in [2.45, 2.75) is 41.7 Å². The summed E-state index contributed by atoms with van der Waals surface area (Å²) in [6.07, 6.45) is -0.209. The summed E-state index contributed by atoms with van der Waals surface area (Å²) in [5.74, 6) is 0. The van der Waals surface area contributed by atoms with Gasteiger partial charge in [0.1, 0.15) is 17.5 Å². The molecule has 0 saturated carbocycles. The lowest BCUT2D eigenvalue weighted by molar-refractivity contribution is 0.0834. The Morgan fingerprint density at radius 2 is 2.23 bits per heavy atom. The van der Waals surface area contributed by atoms with Crippen molar-refractivity contribution in [2.24, 2.45) is 0 Å². The molecular weight excluding hydrogens is 212 g/mol. The van der Waals surface area contributed by atoms with Crippen molar-refractivity contribution >= 4 is 22.7 Å². The molecule has 3 rings (SSSR count). The molecule has 0 aromatic carbocycles. The zero-order valence-corrected chi connectivity index (χ0v) is 8.72. The zero-order chi connectivity index (χ0) is 9.43. The second kappa shape index (κ2) is 2.08. The molecular formula is C7H10O4S2. The lowest BCUT2D eigenvalue weighted by Gasteiger charge is -2.27. The van der Waals surface area contributed by atoms with E-state index in [9.17, 15) is 8.42 Å². The van der Waals surface area contributed by atoms with Crippen LogP contribution in [0.15, 0.2) is 0 Å². The average molecular weight is 222 g/mol. The van der Waals surface area contributed by atoms with Gasteiger partial charge < -0.3 is 4.74 Å². The van der Waals surface area contributed by atoms with Gasteiger partial charge in [-0.05, 0) is 13.3 Å². The van der Waals surface area contributed by atoms with Crippen LogP contribution in [-0.4, -0.2) is 36.7 Å². The van der Waals surface area contributed by atoms with Crippen molar-refractivity contribution in [1.82, 2.24) is 0 Å². The molecule has 3 aliphatic rings. The lowest BCUT2D eigenvalue weighted by atomic mass is 9.87. The molecule has 0 aromatic heterocycles. The molecule has 74 valence electrons. The normalized spacial score (nSPS) is 61.7. The third-order valence-electron chi connectivity index (χ3n) is 3.27. The highest BCUT2D eigenvalue weighted by atomic mass is 32.2. The Balaban J connectivity index is 2.14. The van der Waals surface area contributed by atoms with Gasteiger partial charge in [-0.3, -0.25) is 4.18 Å². The van der Waals surface area contributed by atoms with Gasteiger partial charge in [-0.1, -0.05) is 0 Å². The molecule has 5 unspecified atom stereocenters. The molecule has 3 saturated heterocycles. The van der Waals surface area contributed by atoms with Gasteiger partial charge in [0, 0.05) is 0 Å². The van der Waals surface area contributed by atoms with E-state index in [1.165, 1.54) is 0 Å². The van der Waals surface area contributed by atoms with E-state index in [-0.39, 0.29) is 18.3 Å². The summed E-state index contributed by atoms with van der Waals surface area (Å²) in [5, 5.41) is -0.442. The molecule has 0 aliphatic carbocycles. The first kappa shape index (κ1) is 8.52. The summed E-state index contributed by atoms with van der Waals surface area (Å²) in [4.78, 5) is 0. The number of thiol groups is 1. The smallest absolute Gasteiger partial charge is 0.273 e. The van der Waals surface area contributed by atoms with E-state index in [1.807, 2.05) is 6.92 Å². The Hall–Kier alpha value is 0.220. The third-order valence-corrected chi connectivity index (χ3v) is 5.49. The van der Waals surface area contributed by atoms with E-state index >= 15 is 0 Å². The molecule has 2 bridgehead atoms. The molecule has 0 spiro atoms. The van der Waals surface area contributed by atoms with Crippen molar-refractivity contribution in [1.29, 1.82) is 0 Å². The number of rotatable bonds is 0. The largest absolute Gasteiger partial charge is 0.369 e. The Morgan fingerprint density at radius 1 is 1.54 bits per heavy atom. The summed E-state index contributed by atoms with van der Waals surface area (Å²) in [7, 11) is -3.38. The van der Waals surface area contributed by atoms with Crippen molar-refractivity contribution in [3.05, 3.63) is 0 Å². The van der Waals surface area contributed by atoms with E-state index in [2.05, 4.69) is 12.6 Å². The molecule has 0 amide bonds. The standard InChI is InChI=1S/C7H10O4S2/c1-7(12)4-2-3-5(10-4)6(7)11-13(3,8)9/h3-6,12H,2H2,1H3. The summed E-state index contributed by atoms with van der Waals surface area (Å²) in [5.41, 5.74) is 0. The monoisotopic (exact) mass is 222 g/mol. The quantitative estimate of drug-likeness (QED) is 0.461. The predicted molar refractivity (Wildman–Crippen MR) is 48.2 cm³/mol. The first-order valence-electron chi connectivity index (χ1n) is 4.23. The van der Waals surface area contributed by atoms with Gasteiger partial charge in [-0.2, -0.15) is 21.0 Å². The van der Waals surface area contributed by atoms with Crippen LogP contribution in [0.5, 0.6) is 0 Å². The maximum absolute atomic E-state index is 11.4. The molecule has 13 heavy (non-hydrogen) atoms. The van der Waals surface area contributed by atoms with Crippen LogP contribution in [0.1, 0.15) is 13.3 Å². The van der Waals surface area contributed by atoms with Gasteiger partial charge in [-0.25, -0.2) is 0 Å². The van der Waals surface area contributed by atoms with Crippen LogP contribution in [-0.2, 0) is 19.0 Å². The Bertz CT molecular complexity index is 361. The molecule has 5 atom stereocenters. The molecule has 3 heterocycles. The zero-order valence-electron chi connectivity index (χ0n) is 7.00. The Labute approximate surface area is 82.1 Å². The van der Waals surface area contributed by atoms with Crippen molar-refractivity contribution in [2.75, 3.05) is 0 Å². The molecule has 3 aliphatic heterocycles. The van der Waals surface area contributed by atoms with Crippen LogP contribution in [0, 0.1) is 0 Å². The number of fused-ring (bicyclic) bond motifs is 1. The first-order valence-corrected chi connectivity index (χ1v) is 6.15. The van der Waals surface area contributed by atoms with Crippen molar-refractivity contribution in [3.8, 4) is 0 Å². The first-order chi connectivity index (χ1) is 5.93. The minimum absolute atomic E-state index is 0.0758.